The number of ether oxygens (including phenoxy) is 1. The summed E-state index contributed by atoms with van der Waals surface area (Å²) in [6.45, 7) is 2.55. The predicted molar refractivity (Wildman–Crippen MR) is 85.5 cm³/mol. The van der Waals surface area contributed by atoms with E-state index in [2.05, 4.69) is 25.1 Å². The number of rotatable bonds is 1. The van der Waals surface area contributed by atoms with Gasteiger partial charge in [-0.1, -0.05) is 11.6 Å². The molecule has 1 aliphatic heterocycles. The maximum atomic E-state index is 13.0. The number of halogens is 1. The highest BCUT2D eigenvalue weighted by Gasteiger charge is 2.15. The summed E-state index contributed by atoms with van der Waals surface area (Å²) in [5.74, 6) is 0.478. The molecule has 2 nitrogen and oxygen atoms in total. The second kappa shape index (κ2) is 4.95. The van der Waals surface area contributed by atoms with Crippen LogP contribution in [0.1, 0.15) is 22.4 Å². The maximum Gasteiger partial charge on any atom is 0.129 e. The maximum absolute atomic E-state index is 13.0. The first-order chi connectivity index (χ1) is 10.7. The van der Waals surface area contributed by atoms with E-state index in [9.17, 15) is 4.39 Å². The first-order valence-corrected chi connectivity index (χ1v) is 7.20. The van der Waals surface area contributed by atoms with Crippen LogP contribution in [0.4, 0.5) is 4.39 Å². The molecule has 2 heterocycles. The molecule has 22 heavy (non-hydrogen) atoms. The first-order valence-electron chi connectivity index (χ1n) is 7.20. The van der Waals surface area contributed by atoms with E-state index in [1.165, 1.54) is 17.7 Å². The molecule has 3 aromatic rings. The number of fused-ring (bicyclic) bond motifs is 2. The number of aryl methyl sites for hydroxylation is 1. The molecule has 0 atom stereocenters. The fourth-order valence-corrected chi connectivity index (χ4v) is 2.70. The number of hydrogen-bond donors (Lipinski definition) is 0. The van der Waals surface area contributed by atoms with E-state index in [4.69, 9.17) is 9.72 Å². The van der Waals surface area contributed by atoms with Crippen LogP contribution in [0.5, 0.6) is 0 Å². The van der Waals surface area contributed by atoms with Crippen molar-refractivity contribution in [2.75, 3.05) is 0 Å². The standard InChI is InChI=1S/C19H14FNO/c1-12-2-7-17-14(8-12)9-15-11-22-19(10-18(15)21-17)13-3-5-16(20)6-4-13/h2-10H,11H2,1H3. The Kier molecular flexibility index (Phi) is 2.93. The van der Waals surface area contributed by atoms with Gasteiger partial charge in [-0.25, -0.2) is 9.37 Å². The minimum Gasteiger partial charge on any atom is -0.488 e. The Morgan fingerprint density at radius 2 is 1.86 bits per heavy atom. The topological polar surface area (TPSA) is 22.1 Å². The molecule has 0 aliphatic carbocycles. The van der Waals surface area contributed by atoms with Gasteiger partial charge < -0.3 is 4.74 Å². The molecule has 2 aromatic carbocycles. The van der Waals surface area contributed by atoms with Gasteiger partial charge in [0.05, 0.1) is 11.2 Å². The molecule has 0 saturated carbocycles. The Balaban J connectivity index is 1.82. The van der Waals surface area contributed by atoms with Crippen molar-refractivity contribution in [2.45, 2.75) is 13.5 Å². The highest BCUT2D eigenvalue weighted by Crippen LogP contribution is 2.29. The molecular weight excluding hydrogens is 277 g/mol. The summed E-state index contributed by atoms with van der Waals surface area (Å²) in [5, 5.41) is 1.13. The largest absolute Gasteiger partial charge is 0.488 e. The van der Waals surface area contributed by atoms with E-state index < -0.39 is 0 Å². The van der Waals surface area contributed by atoms with Crippen LogP contribution in [0.3, 0.4) is 0 Å². The van der Waals surface area contributed by atoms with E-state index in [0.29, 0.717) is 6.61 Å². The van der Waals surface area contributed by atoms with Gasteiger partial charge in [-0.05, 0) is 49.4 Å². The van der Waals surface area contributed by atoms with Crippen LogP contribution in [0.25, 0.3) is 22.7 Å². The molecule has 0 bridgehead atoms. The highest BCUT2D eigenvalue weighted by molar-refractivity contribution is 5.85. The minimum absolute atomic E-state index is 0.250. The summed E-state index contributed by atoms with van der Waals surface area (Å²) in [5.41, 5.74) is 5.04. The summed E-state index contributed by atoms with van der Waals surface area (Å²) in [6, 6.07) is 14.7. The van der Waals surface area contributed by atoms with Crippen molar-refractivity contribution in [1.29, 1.82) is 0 Å². The van der Waals surface area contributed by atoms with Crippen molar-refractivity contribution in [2.24, 2.45) is 0 Å². The average Bonchev–Trinajstić information content (AvgIpc) is 2.53. The molecule has 0 spiro atoms. The van der Waals surface area contributed by atoms with Crippen molar-refractivity contribution < 1.29 is 9.13 Å². The highest BCUT2D eigenvalue weighted by atomic mass is 19.1. The third kappa shape index (κ3) is 2.25. The van der Waals surface area contributed by atoms with Crippen molar-refractivity contribution >= 4 is 22.7 Å². The molecule has 108 valence electrons. The lowest BCUT2D eigenvalue weighted by molar-refractivity contribution is 0.261. The molecule has 4 rings (SSSR count). The van der Waals surface area contributed by atoms with Gasteiger partial charge in [-0.15, -0.1) is 0 Å². The zero-order chi connectivity index (χ0) is 15.1. The smallest absolute Gasteiger partial charge is 0.129 e. The van der Waals surface area contributed by atoms with Crippen molar-refractivity contribution in [3.63, 3.8) is 0 Å². The molecule has 0 unspecified atom stereocenters. The number of benzene rings is 2. The average molecular weight is 291 g/mol. The molecule has 0 fully saturated rings. The zero-order valence-electron chi connectivity index (χ0n) is 12.1. The molecule has 0 radical (unpaired) electrons. The Morgan fingerprint density at radius 1 is 1.05 bits per heavy atom. The van der Waals surface area contributed by atoms with E-state index in [1.807, 2.05) is 12.1 Å². The predicted octanol–water partition coefficient (Wildman–Crippen LogP) is 4.71. The van der Waals surface area contributed by atoms with E-state index in [1.54, 1.807) is 12.1 Å². The van der Waals surface area contributed by atoms with E-state index >= 15 is 0 Å². The van der Waals surface area contributed by atoms with Gasteiger partial charge in [0.2, 0.25) is 0 Å². The molecule has 1 aliphatic rings. The number of pyridine rings is 1. The second-order valence-corrected chi connectivity index (χ2v) is 5.53. The molecule has 3 heteroatoms. The van der Waals surface area contributed by atoms with Crippen LogP contribution >= 0.6 is 0 Å². The fraction of sp³-hybridized carbons (Fsp3) is 0.105. The SMILES string of the molecule is Cc1ccc2nc3c(cc2c1)COC(c1ccc(F)cc1)=C3. The van der Waals surface area contributed by atoms with Crippen LogP contribution in [0.15, 0.2) is 48.5 Å². The van der Waals surface area contributed by atoms with Crippen LogP contribution in [-0.4, -0.2) is 4.98 Å². The van der Waals surface area contributed by atoms with Gasteiger partial charge in [0.15, 0.2) is 0 Å². The quantitative estimate of drug-likeness (QED) is 0.647. The Bertz CT molecular complexity index is 897. The lowest BCUT2D eigenvalue weighted by atomic mass is 10.0. The Labute approximate surface area is 127 Å². The van der Waals surface area contributed by atoms with Gasteiger partial charge >= 0.3 is 0 Å². The number of nitrogens with zero attached hydrogens (tertiary/aromatic N) is 1. The monoisotopic (exact) mass is 291 g/mol. The van der Waals surface area contributed by atoms with Gasteiger partial charge in [0.1, 0.15) is 18.2 Å². The van der Waals surface area contributed by atoms with Crippen LogP contribution < -0.4 is 0 Å². The molecule has 1 aromatic heterocycles. The lowest BCUT2D eigenvalue weighted by Gasteiger charge is -2.18. The summed E-state index contributed by atoms with van der Waals surface area (Å²) >= 11 is 0. The Morgan fingerprint density at radius 3 is 2.68 bits per heavy atom. The fourth-order valence-electron chi connectivity index (χ4n) is 2.70. The van der Waals surface area contributed by atoms with Crippen molar-refractivity contribution in [3.05, 3.63) is 76.7 Å². The Hall–Kier alpha value is -2.68. The van der Waals surface area contributed by atoms with Crippen LogP contribution in [0, 0.1) is 12.7 Å². The second-order valence-electron chi connectivity index (χ2n) is 5.53. The summed E-state index contributed by atoms with van der Waals surface area (Å²) in [7, 11) is 0. The third-order valence-corrected chi connectivity index (χ3v) is 3.86. The number of hydrogen-bond acceptors (Lipinski definition) is 2. The summed E-state index contributed by atoms with van der Waals surface area (Å²) in [6.07, 6.45) is 1.92. The third-order valence-electron chi connectivity index (χ3n) is 3.86. The summed E-state index contributed by atoms with van der Waals surface area (Å²) < 4.78 is 18.8. The van der Waals surface area contributed by atoms with Crippen molar-refractivity contribution in [1.82, 2.24) is 4.98 Å². The van der Waals surface area contributed by atoms with Gasteiger partial charge in [-0.2, -0.15) is 0 Å². The molecule has 0 saturated heterocycles. The molecular formula is C19H14FNO. The first kappa shape index (κ1) is 13.0. The van der Waals surface area contributed by atoms with Gasteiger partial charge in [0, 0.05) is 22.6 Å². The van der Waals surface area contributed by atoms with Crippen LogP contribution in [0.2, 0.25) is 0 Å². The minimum atomic E-state index is -0.250. The van der Waals surface area contributed by atoms with E-state index in [0.717, 1.165) is 33.5 Å². The van der Waals surface area contributed by atoms with Gasteiger partial charge in [-0.3, -0.25) is 0 Å². The zero-order valence-corrected chi connectivity index (χ0v) is 12.1. The lowest BCUT2D eigenvalue weighted by Crippen LogP contribution is -2.04. The van der Waals surface area contributed by atoms with Crippen LogP contribution in [-0.2, 0) is 11.3 Å². The summed E-state index contributed by atoms with van der Waals surface area (Å²) in [4.78, 5) is 4.72. The molecule has 0 amide bonds. The molecule has 0 N–H and O–H groups in total. The number of aromatic nitrogens is 1. The van der Waals surface area contributed by atoms with Crippen molar-refractivity contribution in [3.8, 4) is 0 Å². The normalized spacial score (nSPS) is 13.5. The van der Waals surface area contributed by atoms with E-state index in [-0.39, 0.29) is 5.82 Å². The van der Waals surface area contributed by atoms with Gasteiger partial charge in [0.25, 0.3) is 0 Å².